The van der Waals surface area contributed by atoms with E-state index in [0.29, 0.717) is 6.61 Å². The third-order valence-electron chi connectivity index (χ3n) is 1.13. The van der Waals surface area contributed by atoms with E-state index in [9.17, 15) is 4.79 Å². The van der Waals surface area contributed by atoms with Crippen LogP contribution in [0, 0.1) is 0 Å². The molecular formula is C7H8N2O3. The van der Waals surface area contributed by atoms with E-state index in [1.807, 2.05) is 0 Å². The van der Waals surface area contributed by atoms with Crippen molar-refractivity contribution in [2.45, 2.75) is 6.92 Å². The molecule has 0 aliphatic carbocycles. The zero-order valence-electron chi connectivity index (χ0n) is 6.52. The Morgan fingerprint density at radius 3 is 3.08 bits per heavy atom. The first kappa shape index (κ1) is 8.45. The van der Waals surface area contributed by atoms with Crippen molar-refractivity contribution >= 4 is 5.97 Å². The van der Waals surface area contributed by atoms with Crippen LogP contribution in [0.15, 0.2) is 12.3 Å². The van der Waals surface area contributed by atoms with Gasteiger partial charge in [0.2, 0.25) is 0 Å². The van der Waals surface area contributed by atoms with Crippen molar-refractivity contribution in [3.8, 4) is 6.01 Å². The predicted molar refractivity (Wildman–Crippen MR) is 40.2 cm³/mol. The molecule has 64 valence electrons. The first-order valence-electron chi connectivity index (χ1n) is 3.43. The SMILES string of the molecule is CCOc1nccc(C(=O)O)n1. The van der Waals surface area contributed by atoms with Crippen molar-refractivity contribution in [1.29, 1.82) is 0 Å². The average molecular weight is 168 g/mol. The maximum atomic E-state index is 10.4. The number of carboxylic acids is 1. The molecule has 0 unspecified atom stereocenters. The standard InChI is InChI=1S/C7H8N2O3/c1-2-12-7-8-4-3-5(9-7)6(10)11/h3-4H,2H2,1H3,(H,10,11). The summed E-state index contributed by atoms with van der Waals surface area (Å²) in [6.45, 7) is 2.19. The van der Waals surface area contributed by atoms with Gasteiger partial charge in [0.15, 0.2) is 5.69 Å². The lowest BCUT2D eigenvalue weighted by Crippen LogP contribution is -2.04. The van der Waals surface area contributed by atoms with Crippen LogP contribution in [0.1, 0.15) is 17.4 Å². The summed E-state index contributed by atoms with van der Waals surface area (Å²) in [7, 11) is 0. The predicted octanol–water partition coefficient (Wildman–Crippen LogP) is 0.573. The number of carbonyl (C=O) groups is 1. The topological polar surface area (TPSA) is 72.3 Å². The Balaban J connectivity index is 2.88. The van der Waals surface area contributed by atoms with Gasteiger partial charge in [0, 0.05) is 6.20 Å². The van der Waals surface area contributed by atoms with E-state index in [2.05, 4.69) is 9.97 Å². The van der Waals surface area contributed by atoms with Gasteiger partial charge in [0.25, 0.3) is 0 Å². The highest BCUT2D eigenvalue weighted by Gasteiger charge is 2.05. The van der Waals surface area contributed by atoms with E-state index in [1.165, 1.54) is 12.3 Å². The molecule has 0 radical (unpaired) electrons. The maximum absolute atomic E-state index is 10.4. The van der Waals surface area contributed by atoms with Crippen LogP contribution < -0.4 is 4.74 Å². The Hall–Kier alpha value is -1.65. The van der Waals surface area contributed by atoms with Crippen LogP contribution in [0.4, 0.5) is 0 Å². The van der Waals surface area contributed by atoms with Gasteiger partial charge in [-0.15, -0.1) is 0 Å². The van der Waals surface area contributed by atoms with Gasteiger partial charge in [0.05, 0.1) is 6.61 Å². The summed E-state index contributed by atoms with van der Waals surface area (Å²) >= 11 is 0. The Labute approximate surface area is 69.0 Å². The van der Waals surface area contributed by atoms with Gasteiger partial charge < -0.3 is 9.84 Å². The lowest BCUT2D eigenvalue weighted by Gasteiger charge is -1.99. The van der Waals surface area contributed by atoms with E-state index >= 15 is 0 Å². The van der Waals surface area contributed by atoms with Crippen LogP contribution >= 0.6 is 0 Å². The molecule has 0 saturated carbocycles. The van der Waals surface area contributed by atoms with Crippen LogP contribution in [0.25, 0.3) is 0 Å². The summed E-state index contributed by atoms with van der Waals surface area (Å²) in [6.07, 6.45) is 1.35. The molecule has 0 atom stereocenters. The van der Waals surface area contributed by atoms with E-state index in [0.717, 1.165) is 0 Å². The average Bonchev–Trinajstić information content (AvgIpc) is 2.05. The van der Waals surface area contributed by atoms with Crippen LogP contribution in [0.3, 0.4) is 0 Å². The number of hydrogen-bond acceptors (Lipinski definition) is 4. The molecule has 12 heavy (non-hydrogen) atoms. The third-order valence-corrected chi connectivity index (χ3v) is 1.13. The van der Waals surface area contributed by atoms with Crippen molar-refractivity contribution in [3.05, 3.63) is 18.0 Å². The molecule has 0 fully saturated rings. The summed E-state index contributed by atoms with van der Waals surface area (Å²) in [5.74, 6) is -1.08. The highest BCUT2D eigenvalue weighted by molar-refractivity contribution is 5.85. The summed E-state index contributed by atoms with van der Waals surface area (Å²) in [4.78, 5) is 17.8. The van der Waals surface area contributed by atoms with Gasteiger partial charge in [-0.1, -0.05) is 0 Å². The number of hydrogen-bond donors (Lipinski definition) is 1. The van der Waals surface area contributed by atoms with Crippen LogP contribution in [0.5, 0.6) is 6.01 Å². The second-order valence-corrected chi connectivity index (χ2v) is 1.96. The largest absolute Gasteiger partial charge is 0.477 e. The zero-order valence-corrected chi connectivity index (χ0v) is 6.52. The summed E-state index contributed by atoms with van der Waals surface area (Å²) in [6, 6.07) is 1.41. The fraction of sp³-hybridized carbons (Fsp3) is 0.286. The fourth-order valence-corrected chi connectivity index (χ4v) is 0.659. The van der Waals surface area contributed by atoms with Crippen LogP contribution in [0.2, 0.25) is 0 Å². The second-order valence-electron chi connectivity index (χ2n) is 1.96. The van der Waals surface area contributed by atoms with E-state index in [4.69, 9.17) is 9.84 Å². The van der Waals surface area contributed by atoms with E-state index < -0.39 is 5.97 Å². The first-order chi connectivity index (χ1) is 5.74. The normalized spacial score (nSPS) is 9.42. The van der Waals surface area contributed by atoms with Gasteiger partial charge in [-0.2, -0.15) is 4.98 Å². The maximum Gasteiger partial charge on any atom is 0.354 e. The van der Waals surface area contributed by atoms with Gasteiger partial charge in [-0.3, -0.25) is 0 Å². The first-order valence-corrected chi connectivity index (χ1v) is 3.43. The Morgan fingerprint density at radius 2 is 2.50 bits per heavy atom. The molecule has 1 heterocycles. The number of aromatic carboxylic acids is 1. The van der Waals surface area contributed by atoms with Crippen LogP contribution in [-0.4, -0.2) is 27.7 Å². The number of aromatic nitrogens is 2. The van der Waals surface area contributed by atoms with Crippen molar-refractivity contribution in [1.82, 2.24) is 9.97 Å². The number of ether oxygens (including phenoxy) is 1. The lowest BCUT2D eigenvalue weighted by atomic mass is 10.4. The summed E-state index contributed by atoms with van der Waals surface area (Å²) < 4.78 is 4.91. The molecule has 0 aliphatic heterocycles. The summed E-state index contributed by atoms with van der Waals surface area (Å²) in [5, 5.41) is 8.53. The van der Waals surface area contributed by atoms with E-state index in [-0.39, 0.29) is 11.7 Å². The smallest absolute Gasteiger partial charge is 0.354 e. The molecule has 1 N–H and O–H groups in total. The number of nitrogens with zero attached hydrogens (tertiary/aromatic N) is 2. The van der Waals surface area contributed by atoms with Gasteiger partial charge in [-0.05, 0) is 13.0 Å². The molecule has 0 aromatic carbocycles. The molecule has 5 heteroatoms. The molecule has 0 bridgehead atoms. The molecule has 1 rings (SSSR count). The van der Waals surface area contributed by atoms with E-state index in [1.54, 1.807) is 6.92 Å². The molecule has 1 aromatic rings. The molecule has 1 aromatic heterocycles. The van der Waals surface area contributed by atoms with Crippen molar-refractivity contribution in [2.24, 2.45) is 0 Å². The minimum absolute atomic E-state index is 0.0616. The number of rotatable bonds is 3. The van der Waals surface area contributed by atoms with Gasteiger partial charge in [-0.25, -0.2) is 9.78 Å². The zero-order chi connectivity index (χ0) is 8.97. The van der Waals surface area contributed by atoms with Crippen molar-refractivity contribution in [2.75, 3.05) is 6.61 Å². The molecule has 0 aliphatic rings. The highest BCUT2D eigenvalue weighted by Crippen LogP contribution is 2.02. The minimum atomic E-state index is -1.08. The van der Waals surface area contributed by atoms with Crippen molar-refractivity contribution in [3.63, 3.8) is 0 Å². The van der Waals surface area contributed by atoms with Crippen molar-refractivity contribution < 1.29 is 14.6 Å². The Bertz CT molecular complexity index is 288. The monoisotopic (exact) mass is 168 g/mol. The van der Waals surface area contributed by atoms with Crippen LogP contribution in [-0.2, 0) is 0 Å². The number of carboxylic acid groups (broad SMARTS) is 1. The quantitative estimate of drug-likeness (QED) is 0.714. The fourth-order valence-electron chi connectivity index (χ4n) is 0.659. The third kappa shape index (κ3) is 1.91. The molecule has 0 spiro atoms. The second kappa shape index (κ2) is 3.66. The minimum Gasteiger partial charge on any atom is -0.477 e. The Kier molecular flexibility index (Phi) is 2.57. The molecule has 0 saturated heterocycles. The molecular weight excluding hydrogens is 160 g/mol. The molecule has 0 amide bonds. The van der Waals surface area contributed by atoms with Gasteiger partial charge in [0.1, 0.15) is 0 Å². The summed E-state index contributed by atoms with van der Waals surface area (Å²) in [5.41, 5.74) is -0.0616. The lowest BCUT2D eigenvalue weighted by molar-refractivity contribution is 0.0688. The Morgan fingerprint density at radius 1 is 1.75 bits per heavy atom. The molecule has 5 nitrogen and oxygen atoms in total. The highest BCUT2D eigenvalue weighted by atomic mass is 16.5. The van der Waals surface area contributed by atoms with Gasteiger partial charge >= 0.3 is 12.0 Å².